The lowest BCUT2D eigenvalue weighted by molar-refractivity contribution is -0.116. The van der Waals surface area contributed by atoms with Crippen LogP contribution >= 0.6 is 11.6 Å². The second kappa shape index (κ2) is 5.60. The predicted molar refractivity (Wildman–Crippen MR) is 95.8 cm³/mol. The Labute approximate surface area is 150 Å². The van der Waals surface area contributed by atoms with Gasteiger partial charge < -0.3 is 15.2 Å². The number of hydrogen-bond acceptors (Lipinski definition) is 2. The third-order valence-electron chi connectivity index (χ3n) is 5.74. The Morgan fingerprint density at radius 2 is 1.88 bits per heavy atom. The Kier molecular flexibility index (Phi) is 3.62. The zero-order valence-electron chi connectivity index (χ0n) is 13.6. The molecule has 0 aromatic heterocycles. The van der Waals surface area contributed by atoms with Crippen molar-refractivity contribution in [2.75, 3.05) is 0 Å². The monoisotopic (exact) mass is 355 g/mol. The zero-order chi connectivity index (χ0) is 17.7. The van der Waals surface area contributed by atoms with E-state index in [-0.39, 0.29) is 5.41 Å². The van der Waals surface area contributed by atoms with Gasteiger partial charge in [-0.2, -0.15) is 0 Å². The lowest BCUT2D eigenvalue weighted by atomic mass is 9.66. The second-order valence-electron chi connectivity index (χ2n) is 7.02. The fourth-order valence-corrected chi connectivity index (χ4v) is 4.44. The average Bonchev–Trinajstić information content (AvgIpc) is 3.38. The molecule has 2 aromatic carbocycles. The Hall–Kier alpha value is -2.33. The van der Waals surface area contributed by atoms with Crippen molar-refractivity contribution >= 4 is 24.0 Å². The maximum Gasteiger partial charge on any atom is 0.405 e. The van der Waals surface area contributed by atoms with Crippen molar-refractivity contribution < 1.29 is 14.7 Å². The average molecular weight is 356 g/mol. The zero-order valence-corrected chi connectivity index (χ0v) is 14.3. The van der Waals surface area contributed by atoms with Crippen LogP contribution in [0.2, 0.25) is 5.02 Å². The Bertz CT molecular complexity index is 875. The standard InChI is InChI=1S/C20H18ClNO3/c21-16-3-1-2-14(10-16)15-5-4-13-6-7-19(8-9-19)20(12-23,17(13)11-15)22-18(24)25/h1-5,10-12,22H,6-9H2,(H,24,25)/t20-/m1/s1. The number of benzene rings is 2. The maximum absolute atomic E-state index is 12.2. The predicted octanol–water partition coefficient (Wildman–Crippen LogP) is 4.40. The van der Waals surface area contributed by atoms with E-state index in [1.807, 2.05) is 42.5 Å². The Balaban J connectivity index is 1.89. The van der Waals surface area contributed by atoms with Gasteiger partial charge in [0.05, 0.1) is 0 Å². The van der Waals surface area contributed by atoms with Crippen LogP contribution in [0, 0.1) is 5.41 Å². The molecule has 2 aliphatic carbocycles. The number of carbonyl (C=O) groups excluding carboxylic acids is 1. The fraction of sp³-hybridized carbons (Fsp3) is 0.300. The van der Waals surface area contributed by atoms with Crippen molar-refractivity contribution in [3.05, 3.63) is 58.6 Å². The number of aryl methyl sites for hydroxylation is 1. The summed E-state index contributed by atoms with van der Waals surface area (Å²) in [6.07, 6.45) is 3.06. The van der Waals surface area contributed by atoms with Gasteiger partial charge in [-0.05, 0) is 66.1 Å². The molecule has 2 aliphatic rings. The van der Waals surface area contributed by atoms with Gasteiger partial charge in [0.2, 0.25) is 0 Å². The van der Waals surface area contributed by atoms with Crippen LogP contribution < -0.4 is 5.32 Å². The number of carbonyl (C=O) groups is 2. The van der Waals surface area contributed by atoms with E-state index in [9.17, 15) is 14.7 Å². The van der Waals surface area contributed by atoms with E-state index in [0.29, 0.717) is 5.02 Å². The molecule has 25 heavy (non-hydrogen) atoms. The molecule has 2 aromatic rings. The number of halogens is 1. The third-order valence-corrected chi connectivity index (χ3v) is 5.97. The summed E-state index contributed by atoms with van der Waals surface area (Å²) in [5.74, 6) is 0. The summed E-state index contributed by atoms with van der Waals surface area (Å²) >= 11 is 6.10. The second-order valence-corrected chi connectivity index (χ2v) is 7.46. The van der Waals surface area contributed by atoms with Crippen LogP contribution in [-0.4, -0.2) is 17.5 Å². The van der Waals surface area contributed by atoms with Gasteiger partial charge in [0.15, 0.2) is 6.29 Å². The molecule has 0 unspecified atom stereocenters. The highest BCUT2D eigenvalue weighted by Gasteiger charge is 2.63. The first kappa shape index (κ1) is 16.2. The molecule has 0 aliphatic heterocycles. The molecule has 1 saturated carbocycles. The van der Waals surface area contributed by atoms with Crippen LogP contribution in [0.25, 0.3) is 11.1 Å². The summed E-state index contributed by atoms with van der Waals surface area (Å²) < 4.78 is 0. The maximum atomic E-state index is 12.2. The minimum absolute atomic E-state index is 0.285. The molecule has 0 heterocycles. The molecule has 4 rings (SSSR count). The summed E-state index contributed by atoms with van der Waals surface area (Å²) in [5, 5.41) is 12.6. The van der Waals surface area contributed by atoms with Crippen LogP contribution in [0.1, 0.15) is 30.4 Å². The topological polar surface area (TPSA) is 66.4 Å². The first-order valence-corrected chi connectivity index (χ1v) is 8.74. The largest absolute Gasteiger partial charge is 0.465 e. The van der Waals surface area contributed by atoms with Gasteiger partial charge in [-0.25, -0.2) is 4.79 Å². The number of fused-ring (bicyclic) bond motifs is 1. The Morgan fingerprint density at radius 3 is 2.52 bits per heavy atom. The van der Waals surface area contributed by atoms with Gasteiger partial charge in [-0.1, -0.05) is 35.9 Å². The normalized spacial score (nSPS) is 22.9. The van der Waals surface area contributed by atoms with Crippen molar-refractivity contribution in [2.24, 2.45) is 5.41 Å². The molecule has 0 radical (unpaired) electrons. The van der Waals surface area contributed by atoms with Crippen LogP contribution in [0.15, 0.2) is 42.5 Å². The van der Waals surface area contributed by atoms with Gasteiger partial charge in [-0.3, -0.25) is 0 Å². The van der Waals surface area contributed by atoms with E-state index >= 15 is 0 Å². The molecular formula is C20H18ClNO3. The number of amides is 1. The van der Waals surface area contributed by atoms with Crippen LogP contribution in [-0.2, 0) is 16.8 Å². The molecule has 1 spiro atoms. The van der Waals surface area contributed by atoms with Crippen molar-refractivity contribution in [3.63, 3.8) is 0 Å². The van der Waals surface area contributed by atoms with Crippen LogP contribution in [0.3, 0.4) is 0 Å². The van der Waals surface area contributed by atoms with E-state index in [1.54, 1.807) is 0 Å². The van der Waals surface area contributed by atoms with E-state index in [1.165, 1.54) is 0 Å². The molecule has 1 fully saturated rings. The molecule has 0 saturated heterocycles. The highest BCUT2D eigenvalue weighted by Crippen LogP contribution is 2.63. The minimum Gasteiger partial charge on any atom is -0.465 e. The molecule has 1 atom stereocenters. The highest BCUT2D eigenvalue weighted by atomic mass is 35.5. The molecule has 128 valence electrons. The summed E-state index contributed by atoms with van der Waals surface area (Å²) in [4.78, 5) is 23.7. The summed E-state index contributed by atoms with van der Waals surface area (Å²) in [5.41, 5.74) is 2.24. The van der Waals surface area contributed by atoms with Crippen LogP contribution in [0.5, 0.6) is 0 Å². The van der Waals surface area contributed by atoms with E-state index in [4.69, 9.17) is 11.6 Å². The number of hydrogen-bond donors (Lipinski definition) is 2. The van der Waals surface area contributed by atoms with E-state index in [2.05, 4.69) is 5.32 Å². The fourth-order valence-electron chi connectivity index (χ4n) is 4.25. The van der Waals surface area contributed by atoms with Crippen molar-refractivity contribution in [1.29, 1.82) is 0 Å². The lowest BCUT2D eigenvalue weighted by Crippen LogP contribution is -2.55. The van der Waals surface area contributed by atoms with Crippen molar-refractivity contribution in [2.45, 2.75) is 31.2 Å². The highest BCUT2D eigenvalue weighted by molar-refractivity contribution is 6.30. The first-order valence-electron chi connectivity index (χ1n) is 8.36. The van der Waals surface area contributed by atoms with Crippen molar-refractivity contribution in [3.8, 4) is 11.1 Å². The summed E-state index contributed by atoms with van der Waals surface area (Å²) in [7, 11) is 0. The van der Waals surface area contributed by atoms with Crippen molar-refractivity contribution in [1.82, 2.24) is 5.32 Å². The third kappa shape index (κ3) is 2.44. The molecule has 2 N–H and O–H groups in total. The van der Waals surface area contributed by atoms with Gasteiger partial charge in [0.25, 0.3) is 0 Å². The smallest absolute Gasteiger partial charge is 0.405 e. The van der Waals surface area contributed by atoms with E-state index in [0.717, 1.165) is 54.2 Å². The summed E-state index contributed by atoms with van der Waals surface area (Å²) in [6, 6.07) is 13.5. The molecule has 5 heteroatoms. The SMILES string of the molecule is O=C[C@@]1(NC(=O)O)c2cc(-c3cccc(Cl)c3)ccc2CCC12CC2. The molecule has 4 nitrogen and oxygen atoms in total. The number of nitrogens with one attached hydrogen (secondary N) is 1. The first-order chi connectivity index (χ1) is 12.0. The van der Waals surface area contributed by atoms with E-state index < -0.39 is 11.6 Å². The number of aldehydes is 1. The quantitative estimate of drug-likeness (QED) is 0.802. The van der Waals surface area contributed by atoms with Gasteiger partial charge in [0, 0.05) is 10.4 Å². The van der Waals surface area contributed by atoms with Gasteiger partial charge in [-0.15, -0.1) is 0 Å². The molecular weight excluding hydrogens is 338 g/mol. The summed E-state index contributed by atoms with van der Waals surface area (Å²) in [6.45, 7) is 0. The van der Waals surface area contributed by atoms with Gasteiger partial charge in [0.1, 0.15) is 5.54 Å². The molecule has 0 bridgehead atoms. The van der Waals surface area contributed by atoms with Gasteiger partial charge >= 0.3 is 6.09 Å². The minimum atomic E-state index is -1.17. The Morgan fingerprint density at radius 1 is 1.12 bits per heavy atom. The van der Waals surface area contributed by atoms with Crippen LogP contribution in [0.4, 0.5) is 4.79 Å². The lowest BCUT2D eigenvalue weighted by Gasteiger charge is -2.42. The number of rotatable bonds is 3. The number of carboxylic acid groups (broad SMARTS) is 1. The molecule has 1 amide bonds.